The highest BCUT2D eigenvalue weighted by atomic mass is 32.2. The third-order valence-electron chi connectivity index (χ3n) is 3.67. The Hall–Kier alpha value is -0.470. The van der Waals surface area contributed by atoms with E-state index in [9.17, 15) is 8.42 Å². The predicted molar refractivity (Wildman–Crippen MR) is 82.9 cm³/mol. The zero-order valence-electron chi connectivity index (χ0n) is 12.0. The van der Waals surface area contributed by atoms with Crippen LogP contribution in [0.25, 0.3) is 0 Å². The Kier molecular flexibility index (Phi) is 5.19. The van der Waals surface area contributed by atoms with Gasteiger partial charge in [-0.05, 0) is 51.3 Å². The molecule has 0 bridgehead atoms. The first-order valence-corrected chi connectivity index (χ1v) is 9.22. The molecule has 1 aromatic rings. The Bertz CT molecular complexity index is 542. The van der Waals surface area contributed by atoms with Crippen LogP contribution in [-0.2, 0) is 10.2 Å². The summed E-state index contributed by atoms with van der Waals surface area (Å²) in [5, 5.41) is 0. The lowest BCUT2D eigenvalue weighted by Gasteiger charge is -2.32. The van der Waals surface area contributed by atoms with Crippen molar-refractivity contribution in [2.24, 2.45) is 11.7 Å². The molecule has 1 aromatic heterocycles. The molecule has 7 heteroatoms. The maximum absolute atomic E-state index is 12.4. The topological polar surface area (TPSA) is 75.4 Å². The predicted octanol–water partition coefficient (Wildman–Crippen LogP) is 1.62. The van der Waals surface area contributed by atoms with Gasteiger partial charge in [0.25, 0.3) is 10.2 Å². The van der Waals surface area contributed by atoms with E-state index in [2.05, 4.69) is 4.72 Å². The summed E-state index contributed by atoms with van der Waals surface area (Å²) in [5.74, 6) is 0.277. The van der Waals surface area contributed by atoms with Gasteiger partial charge in [-0.1, -0.05) is 0 Å². The van der Waals surface area contributed by atoms with Gasteiger partial charge in [0.05, 0.1) is 6.04 Å². The second-order valence-corrected chi connectivity index (χ2v) is 8.42. The Morgan fingerprint density at radius 2 is 2.30 bits per heavy atom. The summed E-state index contributed by atoms with van der Waals surface area (Å²) in [6.45, 7) is 5.56. The minimum absolute atomic E-state index is 0.197. The largest absolute Gasteiger partial charge is 0.330 e. The van der Waals surface area contributed by atoms with E-state index in [-0.39, 0.29) is 12.0 Å². The minimum Gasteiger partial charge on any atom is -0.330 e. The van der Waals surface area contributed by atoms with Crippen LogP contribution < -0.4 is 10.5 Å². The first kappa shape index (κ1) is 15.9. The van der Waals surface area contributed by atoms with Gasteiger partial charge in [0.1, 0.15) is 0 Å². The lowest BCUT2D eigenvalue weighted by molar-refractivity contribution is 0.267. The molecule has 2 atom stereocenters. The maximum Gasteiger partial charge on any atom is 0.280 e. The van der Waals surface area contributed by atoms with Crippen molar-refractivity contribution in [3.05, 3.63) is 21.9 Å². The molecule has 0 aliphatic carbocycles. The van der Waals surface area contributed by atoms with E-state index in [1.54, 1.807) is 11.3 Å². The Morgan fingerprint density at radius 1 is 1.55 bits per heavy atom. The second kappa shape index (κ2) is 6.53. The highest BCUT2D eigenvalue weighted by molar-refractivity contribution is 7.87. The molecule has 1 aliphatic heterocycles. The lowest BCUT2D eigenvalue weighted by atomic mass is 10.0. The summed E-state index contributed by atoms with van der Waals surface area (Å²) in [6, 6.07) is 3.79. The van der Waals surface area contributed by atoms with E-state index in [1.807, 2.05) is 26.0 Å². The molecule has 0 radical (unpaired) electrons. The number of aryl methyl sites for hydroxylation is 1. The summed E-state index contributed by atoms with van der Waals surface area (Å²) in [5.41, 5.74) is 5.66. The average Bonchev–Trinajstić information content (AvgIpc) is 2.85. The average molecular weight is 317 g/mol. The van der Waals surface area contributed by atoms with Crippen LogP contribution in [0.2, 0.25) is 0 Å². The van der Waals surface area contributed by atoms with Crippen molar-refractivity contribution in [2.45, 2.75) is 32.7 Å². The van der Waals surface area contributed by atoms with Crippen molar-refractivity contribution in [1.29, 1.82) is 0 Å². The Balaban J connectivity index is 2.03. The zero-order valence-corrected chi connectivity index (χ0v) is 13.6. The van der Waals surface area contributed by atoms with E-state index in [0.29, 0.717) is 19.6 Å². The van der Waals surface area contributed by atoms with Crippen LogP contribution >= 0.6 is 11.3 Å². The van der Waals surface area contributed by atoms with Crippen LogP contribution in [-0.4, -0.2) is 32.4 Å². The van der Waals surface area contributed by atoms with Crippen molar-refractivity contribution >= 4 is 21.5 Å². The van der Waals surface area contributed by atoms with E-state index >= 15 is 0 Å². The van der Waals surface area contributed by atoms with Crippen molar-refractivity contribution < 1.29 is 8.42 Å². The molecule has 20 heavy (non-hydrogen) atoms. The first-order chi connectivity index (χ1) is 9.42. The van der Waals surface area contributed by atoms with Crippen LogP contribution in [0, 0.1) is 12.8 Å². The van der Waals surface area contributed by atoms with E-state index in [1.165, 1.54) is 9.18 Å². The van der Waals surface area contributed by atoms with Crippen LogP contribution in [0.4, 0.5) is 0 Å². The summed E-state index contributed by atoms with van der Waals surface area (Å²) in [4.78, 5) is 2.23. The quantitative estimate of drug-likeness (QED) is 0.866. The fraction of sp³-hybridized carbons (Fsp3) is 0.692. The standard InChI is InChI=1S/C13H23N3O2S2/c1-10-5-6-13(19-10)11(2)15-20(17,18)16-7-3-4-12(8-14)9-16/h5-6,11-12,15H,3-4,7-9,14H2,1-2H3. The van der Waals surface area contributed by atoms with Gasteiger partial charge in [0.2, 0.25) is 0 Å². The molecule has 0 amide bonds. The Morgan fingerprint density at radius 3 is 2.90 bits per heavy atom. The molecule has 1 saturated heterocycles. The van der Waals surface area contributed by atoms with E-state index < -0.39 is 10.2 Å². The van der Waals surface area contributed by atoms with Crippen LogP contribution in [0.1, 0.15) is 35.6 Å². The molecular weight excluding hydrogens is 294 g/mol. The number of rotatable bonds is 5. The lowest BCUT2D eigenvalue weighted by Crippen LogP contribution is -2.47. The number of hydrogen-bond acceptors (Lipinski definition) is 4. The minimum atomic E-state index is -3.43. The van der Waals surface area contributed by atoms with Gasteiger partial charge in [-0.3, -0.25) is 0 Å². The number of nitrogens with one attached hydrogen (secondary N) is 1. The fourth-order valence-electron chi connectivity index (χ4n) is 2.48. The SMILES string of the molecule is Cc1ccc(C(C)NS(=O)(=O)N2CCCC(CN)C2)s1. The molecule has 0 saturated carbocycles. The molecule has 5 nitrogen and oxygen atoms in total. The van der Waals surface area contributed by atoms with Gasteiger partial charge in [-0.2, -0.15) is 17.4 Å². The molecule has 2 unspecified atom stereocenters. The Labute approximate surface area is 125 Å². The third kappa shape index (κ3) is 3.79. The first-order valence-electron chi connectivity index (χ1n) is 6.96. The summed E-state index contributed by atoms with van der Waals surface area (Å²) in [7, 11) is -3.43. The number of piperidine rings is 1. The molecule has 114 valence electrons. The van der Waals surface area contributed by atoms with E-state index in [4.69, 9.17) is 5.73 Å². The molecule has 1 fully saturated rings. The third-order valence-corrected chi connectivity index (χ3v) is 6.51. The van der Waals surface area contributed by atoms with Gasteiger partial charge in [-0.25, -0.2) is 0 Å². The van der Waals surface area contributed by atoms with Crippen molar-refractivity contribution in [3.8, 4) is 0 Å². The molecular formula is C13H23N3O2S2. The number of nitrogens with zero attached hydrogens (tertiary/aromatic N) is 1. The van der Waals surface area contributed by atoms with Crippen LogP contribution in [0.15, 0.2) is 12.1 Å². The number of nitrogens with two attached hydrogens (primary N) is 1. The molecule has 2 heterocycles. The molecule has 0 aromatic carbocycles. The fourth-order valence-corrected chi connectivity index (χ4v) is 4.93. The monoisotopic (exact) mass is 317 g/mol. The van der Waals surface area contributed by atoms with Crippen LogP contribution in [0.5, 0.6) is 0 Å². The van der Waals surface area contributed by atoms with Gasteiger partial charge in [-0.15, -0.1) is 11.3 Å². The van der Waals surface area contributed by atoms with Gasteiger partial charge in [0.15, 0.2) is 0 Å². The van der Waals surface area contributed by atoms with Crippen molar-refractivity contribution in [3.63, 3.8) is 0 Å². The van der Waals surface area contributed by atoms with Gasteiger partial charge >= 0.3 is 0 Å². The van der Waals surface area contributed by atoms with Crippen LogP contribution in [0.3, 0.4) is 0 Å². The smallest absolute Gasteiger partial charge is 0.280 e. The summed E-state index contributed by atoms with van der Waals surface area (Å²) >= 11 is 1.62. The zero-order chi connectivity index (χ0) is 14.8. The highest BCUT2D eigenvalue weighted by Crippen LogP contribution is 2.24. The van der Waals surface area contributed by atoms with Gasteiger partial charge in [0, 0.05) is 22.8 Å². The summed E-state index contributed by atoms with van der Waals surface area (Å²) < 4.78 is 29.1. The molecule has 1 aliphatic rings. The number of hydrogen-bond donors (Lipinski definition) is 2. The van der Waals surface area contributed by atoms with Gasteiger partial charge < -0.3 is 5.73 Å². The molecule has 3 N–H and O–H groups in total. The van der Waals surface area contributed by atoms with Crippen molar-refractivity contribution in [1.82, 2.24) is 9.03 Å². The highest BCUT2D eigenvalue weighted by Gasteiger charge is 2.29. The van der Waals surface area contributed by atoms with E-state index in [0.717, 1.165) is 17.7 Å². The van der Waals surface area contributed by atoms with Crippen molar-refractivity contribution in [2.75, 3.05) is 19.6 Å². The summed E-state index contributed by atoms with van der Waals surface area (Å²) in [6.07, 6.45) is 1.90. The second-order valence-electron chi connectivity index (χ2n) is 5.39. The number of thiophene rings is 1. The molecule has 2 rings (SSSR count). The normalized spacial score (nSPS) is 22.9. The maximum atomic E-state index is 12.4. The molecule has 0 spiro atoms.